The van der Waals surface area contributed by atoms with E-state index in [9.17, 15) is 0 Å². The molecule has 2 nitrogen and oxygen atoms in total. The van der Waals surface area contributed by atoms with Crippen molar-refractivity contribution in [3.05, 3.63) is 472 Å². The fraction of sp³-hybridized carbons (Fsp3) is 0.0943. The molecular weight excluding hydrogens is 1410 g/mol. The van der Waals surface area contributed by atoms with Gasteiger partial charge in [0, 0.05) is 43.7 Å². The first-order chi connectivity index (χ1) is 52.5. The maximum atomic E-state index is 3.66. The lowest BCUT2D eigenvalue weighted by Gasteiger charge is -3.00. The predicted molar refractivity (Wildman–Crippen MR) is 472 cm³/mol. The van der Waals surface area contributed by atoms with Gasteiger partial charge < -0.3 is 20.1 Å². The molecule has 0 saturated heterocycles. The molecule has 0 saturated carbocycles. The lowest BCUT2D eigenvalue weighted by molar-refractivity contribution is 0.660. The third-order valence-corrected chi connectivity index (χ3v) is 23.5. The zero-order chi connectivity index (χ0) is 72.3. The molecule has 0 heterocycles. The highest BCUT2D eigenvalue weighted by Gasteiger charge is 2.48. The molecule has 0 bridgehead atoms. The second-order valence-electron chi connectivity index (χ2n) is 29.6. The molecule has 0 atom stereocenters. The van der Waals surface area contributed by atoms with Crippen LogP contribution in [0, 0.1) is 0 Å². The largest absolute Gasteiger partial charge is 3.00 e. The number of halogens is 1. The Hall–Kier alpha value is -12.0. The van der Waals surface area contributed by atoms with E-state index in [-0.39, 0.29) is 41.0 Å². The van der Waals surface area contributed by atoms with E-state index in [4.69, 9.17) is 0 Å². The summed E-state index contributed by atoms with van der Waals surface area (Å²) in [6.45, 7) is 9.31. The summed E-state index contributed by atoms with van der Waals surface area (Å²) in [5.74, 6) is 0. The number of hydrogen-bond acceptors (Lipinski definition) is 2. The maximum Gasteiger partial charge on any atom is 0.0714 e. The quantitative estimate of drug-likeness (QED) is 0.130. The van der Waals surface area contributed by atoms with E-state index in [1.807, 2.05) is 0 Å². The van der Waals surface area contributed by atoms with Crippen LogP contribution in [-0.4, -0.2) is 0 Å². The van der Waals surface area contributed by atoms with Gasteiger partial charge in [-0.05, 0) is 206 Å². The van der Waals surface area contributed by atoms with E-state index in [1.165, 1.54) is 134 Å². The van der Waals surface area contributed by atoms with E-state index >= 15 is 0 Å². The van der Waals surface area contributed by atoms with E-state index in [2.05, 4.69) is 454 Å². The van der Waals surface area contributed by atoms with Crippen LogP contribution in [-0.2, 0) is 21.7 Å². The number of rotatable bonds is 11. The first-order valence-corrected chi connectivity index (χ1v) is 38.0. The van der Waals surface area contributed by atoms with Gasteiger partial charge in [0.25, 0.3) is 0 Å². The molecule has 1 N–H and O–H groups in total. The lowest BCUT2D eigenvalue weighted by atomic mass is 9.67. The summed E-state index contributed by atoms with van der Waals surface area (Å²) in [4.78, 5) is 2.45. The van der Waals surface area contributed by atoms with Crippen molar-refractivity contribution in [1.29, 1.82) is 0 Å². The molecule has 0 amide bonds. The topological polar surface area (TPSA) is 15.3 Å². The third-order valence-electron chi connectivity index (χ3n) is 23.0. The molecule has 4 heteroatoms. The third kappa shape index (κ3) is 12.4. The molecule has 20 rings (SSSR count). The summed E-state index contributed by atoms with van der Waals surface area (Å²) < 4.78 is 1.16. The number of nitrogens with one attached hydrogen (secondary N) is 1. The van der Waals surface area contributed by atoms with Crippen molar-refractivity contribution >= 4 is 54.3 Å². The summed E-state index contributed by atoms with van der Waals surface area (Å²) in [5, 5.41) is 3.66. The Labute approximate surface area is 662 Å². The molecule has 0 aliphatic heterocycles. The minimum Gasteiger partial charge on any atom is -3.00 e. The molecule has 0 unspecified atom stereocenters. The molecule has 536 valence electrons. The highest BCUT2D eigenvalue weighted by Crippen LogP contribution is 2.59. The van der Waals surface area contributed by atoms with Gasteiger partial charge in [0.1, 0.15) is 0 Å². The van der Waals surface area contributed by atoms with Crippen molar-refractivity contribution in [1.82, 2.24) is 0 Å². The van der Waals surface area contributed by atoms with Crippen LogP contribution in [0.3, 0.4) is 0 Å². The summed E-state index contributed by atoms with van der Waals surface area (Å²) in [6.07, 6.45) is 0. The minimum atomic E-state index is -0.477. The number of fused-ring (bicyclic) bond motifs is 12. The van der Waals surface area contributed by atoms with E-state index in [0.717, 1.165) is 32.9 Å². The molecule has 16 aromatic rings. The van der Waals surface area contributed by atoms with Crippen molar-refractivity contribution in [2.24, 2.45) is 0 Å². The number of hydrogen-bond donors (Lipinski definition) is 1. The number of anilines is 5. The zero-order valence-corrected chi connectivity index (χ0v) is 63.4. The second-order valence-corrected chi connectivity index (χ2v) is 30.5. The van der Waals surface area contributed by atoms with Crippen LogP contribution in [0.1, 0.15) is 109 Å². The number of nitrogens with zero attached hydrogens (tertiary/aromatic N) is 1. The van der Waals surface area contributed by atoms with Crippen LogP contribution < -0.4 is 10.2 Å². The molecule has 4 aliphatic carbocycles. The molecule has 16 aromatic carbocycles. The molecule has 4 aliphatic rings. The average molecular weight is 1500 g/mol. The zero-order valence-electron chi connectivity index (χ0n) is 60.9. The highest BCUT2D eigenvalue weighted by molar-refractivity contribution is 9.10. The Bertz CT molecular complexity index is 5900. The van der Waals surface area contributed by atoms with Gasteiger partial charge in [0.15, 0.2) is 0 Å². The molecule has 110 heavy (non-hydrogen) atoms. The van der Waals surface area contributed by atoms with Crippen LogP contribution in [0.2, 0.25) is 0 Å². The molecule has 0 radical (unpaired) electrons. The van der Waals surface area contributed by atoms with Gasteiger partial charge in [-0.25, -0.2) is 0 Å². The van der Waals surface area contributed by atoms with E-state index in [1.54, 1.807) is 0 Å². The van der Waals surface area contributed by atoms with Crippen molar-refractivity contribution < 1.29 is 0 Å². The van der Waals surface area contributed by atoms with Gasteiger partial charge >= 0.3 is 0 Å². The van der Waals surface area contributed by atoms with Crippen molar-refractivity contribution in [3.63, 3.8) is 0 Å². The van der Waals surface area contributed by atoms with E-state index in [0.29, 0.717) is 0 Å². The normalized spacial score (nSPS) is 13.6. The summed E-state index contributed by atoms with van der Waals surface area (Å²) >= 11 is 3.56. The van der Waals surface area contributed by atoms with Gasteiger partial charge in [-0.1, -0.05) is 386 Å². The fourth-order valence-electron chi connectivity index (χ4n) is 18.1. The predicted octanol–water partition coefficient (Wildman–Crippen LogP) is 29.8. The summed E-state index contributed by atoms with van der Waals surface area (Å²) in [6, 6.07) is 146. The lowest BCUT2D eigenvalue weighted by Crippen LogP contribution is -2.28. The SMILES string of the molecule is C.C.CC1(C)c2ccccc2-c2ccc(Br)cc21.CC1(C)c2ccccc2-c2ccc(N(c3ccc(-c4ccccc4)cc3)c3cccc(C4(c5ccccc5)c5ccccc5-c5ccccc54)c3)cc21.[P-3].c1ccc(-c2ccc(Nc3cccc(C4(c5ccccc5)c5ccccc5-c5ccccc54)c3)cc2)cc1. The van der Waals surface area contributed by atoms with Gasteiger partial charge in [-0.3, -0.25) is 0 Å². The van der Waals surface area contributed by atoms with Crippen molar-refractivity contribution in [2.45, 2.75) is 64.2 Å². The fourth-order valence-corrected chi connectivity index (χ4v) is 18.4. The Balaban J connectivity index is 0.000000146. The van der Waals surface area contributed by atoms with E-state index < -0.39 is 5.41 Å². The monoisotopic (exact) mass is 1500 g/mol. The molecule has 0 aromatic heterocycles. The first-order valence-electron chi connectivity index (χ1n) is 37.2. The summed E-state index contributed by atoms with van der Waals surface area (Å²) in [5.41, 5.74) is 36.1. The van der Waals surface area contributed by atoms with Crippen LogP contribution >= 0.6 is 25.8 Å². The summed E-state index contributed by atoms with van der Waals surface area (Å²) in [7, 11) is 0. The Morgan fingerprint density at radius 3 is 0.982 bits per heavy atom. The first kappa shape index (κ1) is 73.5. The van der Waals surface area contributed by atoms with Gasteiger partial charge in [0.2, 0.25) is 0 Å². The van der Waals surface area contributed by atoms with Gasteiger partial charge in [0.05, 0.1) is 10.8 Å². The average Bonchev–Trinajstić information content (AvgIpc) is 1.54. The molecule has 0 spiro atoms. The van der Waals surface area contributed by atoms with Gasteiger partial charge in [-0.15, -0.1) is 0 Å². The van der Waals surface area contributed by atoms with Crippen molar-refractivity contribution in [3.8, 4) is 66.8 Å². The Morgan fingerprint density at radius 1 is 0.227 bits per heavy atom. The van der Waals surface area contributed by atoms with Crippen LogP contribution in [0.5, 0.6) is 0 Å². The van der Waals surface area contributed by atoms with Gasteiger partial charge in [-0.2, -0.15) is 0 Å². The van der Waals surface area contributed by atoms with Crippen LogP contribution in [0.15, 0.2) is 405 Å². The minimum absolute atomic E-state index is 0. The second kappa shape index (κ2) is 30.2. The molecule has 0 fully saturated rings. The van der Waals surface area contributed by atoms with Crippen molar-refractivity contribution in [2.75, 3.05) is 10.2 Å². The number of benzene rings is 16. The maximum absolute atomic E-state index is 3.66. The Kier molecular flexibility index (Phi) is 20.2. The Morgan fingerprint density at radius 2 is 0.536 bits per heavy atom. The smallest absolute Gasteiger partial charge is 0.0714 e. The van der Waals surface area contributed by atoms with Crippen LogP contribution in [0.25, 0.3) is 66.8 Å². The highest BCUT2D eigenvalue weighted by atomic mass is 79.9. The molecular formula is C106H87BrN2P-3. The standard InChI is InChI=1S/C52H39N.C37H27N.C15H13Br.2CH4.P/c1-51(2)47-25-12-9-22-43(47)46-33-32-42(35-50(46)51)53(40-30-28-37(29-31-40)36-16-5-3-6-17-36)41-21-15-20-39(34-41)52(38-18-7-4-8-19-38)48-26-13-10-23-44(48)45-24-11-14-27-49(45)52;1-3-12-27(13-4-1)28-22-24-31(25-23-28)38-32-17-11-16-30(26-32)37(29-14-5-2-6-15-29)35-20-9-7-18-33(35)34-19-8-10-21-36(34)37;1-15(2)13-6-4-3-5-11(13)12-8-7-10(16)9-14(12)15;;;/h3-35H,1-2H3;1-26,38H;3-9H,1-2H3;2*1H4;/q;;;;;-3. The van der Waals surface area contributed by atoms with Crippen LogP contribution in [0.4, 0.5) is 28.4 Å².